The van der Waals surface area contributed by atoms with Crippen molar-refractivity contribution in [2.75, 3.05) is 4.90 Å². The van der Waals surface area contributed by atoms with E-state index in [1.54, 1.807) is 11.0 Å². The summed E-state index contributed by atoms with van der Waals surface area (Å²) < 4.78 is 0.679. The molecule has 0 bridgehead atoms. The van der Waals surface area contributed by atoms with Crippen LogP contribution in [0, 0.1) is 13.8 Å². The number of hydrogen-bond acceptors (Lipinski definition) is 3. The van der Waals surface area contributed by atoms with E-state index in [1.807, 2.05) is 32.0 Å². The normalized spacial score (nSPS) is 14.1. The number of nitrogens with zero attached hydrogens (tertiary/aromatic N) is 1. The lowest BCUT2D eigenvalue weighted by Crippen LogP contribution is -2.28. The highest BCUT2D eigenvalue weighted by Gasteiger charge is 2.37. The van der Waals surface area contributed by atoms with E-state index in [-0.39, 0.29) is 0 Å². The van der Waals surface area contributed by atoms with Crippen molar-refractivity contribution in [1.29, 1.82) is 0 Å². The molecule has 0 saturated carbocycles. The van der Waals surface area contributed by atoms with E-state index in [4.69, 9.17) is 11.6 Å². The van der Waals surface area contributed by atoms with E-state index in [2.05, 4.69) is 0 Å². The van der Waals surface area contributed by atoms with Crippen molar-refractivity contribution in [3.8, 4) is 0 Å². The van der Waals surface area contributed by atoms with Gasteiger partial charge >= 0.3 is 0 Å². The molecule has 20 heavy (non-hydrogen) atoms. The van der Waals surface area contributed by atoms with E-state index in [9.17, 15) is 9.59 Å². The summed E-state index contributed by atoms with van der Waals surface area (Å²) in [5, 5.41) is 0. The van der Waals surface area contributed by atoms with Gasteiger partial charge in [0.05, 0.1) is 22.1 Å². The largest absolute Gasteiger partial charge is 0.299 e. The van der Waals surface area contributed by atoms with Crippen LogP contribution in [0.25, 0.3) is 0 Å². The maximum absolute atomic E-state index is 12.2. The van der Waals surface area contributed by atoms with E-state index in [0.29, 0.717) is 22.1 Å². The molecule has 3 rings (SSSR count). The molecule has 0 saturated heterocycles. The summed E-state index contributed by atoms with van der Waals surface area (Å²) in [6, 6.07) is 7.49. The second-order valence-electron chi connectivity index (χ2n) is 4.90. The van der Waals surface area contributed by atoms with Crippen molar-refractivity contribution in [3.63, 3.8) is 0 Å². The highest BCUT2D eigenvalue weighted by molar-refractivity contribution is 7.16. The molecular formula is C15H12ClNO2S. The molecule has 1 aromatic carbocycles. The van der Waals surface area contributed by atoms with Gasteiger partial charge in [0.15, 0.2) is 0 Å². The number of benzene rings is 1. The number of thiophene rings is 1. The van der Waals surface area contributed by atoms with Crippen molar-refractivity contribution in [1.82, 2.24) is 0 Å². The molecule has 0 unspecified atom stereocenters. The minimum Gasteiger partial charge on any atom is -0.299 e. The van der Waals surface area contributed by atoms with Crippen molar-refractivity contribution >= 4 is 40.3 Å². The van der Waals surface area contributed by atoms with Gasteiger partial charge in [-0.15, -0.1) is 11.3 Å². The first-order chi connectivity index (χ1) is 9.47. The maximum Gasteiger partial charge on any atom is 0.299 e. The average Bonchev–Trinajstić information content (AvgIpc) is 2.87. The SMILES string of the molecule is Cc1cc(C)c2c(c1)N(Cc1ccc(Cl)s1)C(=O)C2=O. The predicted octanol–water partition coefficient (Wildman–Crippen LogP) is 3.75. The molecular weight excluding hydrogens is 294 g/mol. The average molecular weight is 306 g/mol. The summed E-state index contributed by atoms with van der Waals surface area (Å²) in [4.78, 5) is 26.8. The van der Waals surface area contributed by atoms with Gasteiger partial charge in [-0.3, -0.25) is 14.5 Å². The lowest BCUT2D eigenvalue weighted by atomic mass is 10.0. The van der Waals surface area contributed by atoms with Gasteiger partial charge in [-0.1, -0.05) is 17.7 Å². The smallest absolute Gasteiger partial charge is 0.299 e. The van der Waals surface area contributed by atoms with Gasteiger partial charge in [-0.2, -0.15) is 0 Å². The summed E-state index contributed by atoms with van der Waals surface area (Å²) in [5.74, 6) is -0.877. The highest BCUT2D eigenvalue weighted by atomic mass is 35.5. The van der Waals surface area contributed by atoms with Crippen molar-refractivity contribution in [3.05, 3.63) is 50.2 Å². The molecule has 1 amide bonds. The van der Waals surface area contributed by atoms with Gasteiger partial charge in [0.25, 0.3) is 11.7 Å². The molecule has 0 aliphatic carbocycles. The van der Waals surface area contributed by atoms with Crippen molar-refractivity contribution < 1.29 is 9.59 Å². The number of aryl methyl sites for hydroxylation is 2. The first kappa shape index (κ1) is 13.3. The molecule has 1 aliphatic rings. The molecule has 3 nitrogen and oxygen atoms in total. The topological polar surface area (TPSA) is 37.4 Å². The fourth-order valence-electron chi connectivity index (χ4n) is 2.54. The lowest BCUT2D eigenvalue weighted by molar-refractivity contribution is -0.114. The third-order valence-corrected chi connectivity index (χ3v) is 4.58. The Morgan fingerprint density at radius 3 is 2.60 bits per heavy atom. The van der Waals surface area contributed by atoms with Crippen LogP contribution in [0.3, 0.4) is 0 Å². The second kappa shape index (κ2) is 4.72. The first-order valence-corrected chi connectivity index (χ1v) is 7.38. The molecule has 5 heteroatoms. The molecule has 102 valence electrons. The molecule has 2 aromatic rings. The molecule has 1 aromatic heterocycles. The maximum atomic E-state index is 12.2. The molecule has 0 atom stereocenters. The zero-order valence-electron chi connectivity index (χ0n) is 11.1. The van der Waals surface area contributed by atoms with Crippen molar-refractivity contribution in [2.24, 2.45) is 0 Å². The number of carbonyl (C=O) groups excluding carboxylic acids is 2. The van der Waals surface area contributed by atoms with Gasteiger partial charge in [-0.25, -0.2) is 0 Å². The number of amides is 1. The Bertz CT molecular complexity index is 735. The van der Waals surface area contributed by atoms with Crippen LogP contribution >= 0.6 is 22.9 Å². The second-order valence-corrected chi connectivity index (χ2v) is 6.70. The van der Waals surface area contributed by atoms with Gasteiger partial charge in [-0.05, 0) is 43.2 Å². The molecule has 1 aliphatic heterocycles. The van der Waals surface area contributed by atoms with Crippen LogP contribution in [0.1, 0.15) is 26.4 Å². The summed E-state index contributed by atoms with van der Waals surface area (Å²) in [6.07, 6.45) is 0. The molecule has 2 heterocycles. The zero-order chi connectivity index (χ0) is 14.4. The zero-order valence-corrected chi connectivity index (χ0v) is 12.6. The standard InChI is InChI=1S/C15H12ClNO2S/c1-8-5-9(2)13-11(6-8)17(15(19)14(13)18)7-10-3-4-12(16)20-10/h3-6H,7H2,1-2H3. The van der Waals surface area contributed by atoms with Gasteiger partial charge < -0.3 is 0 Å². The Morgan fingerprint density at radius 1 is 1.20 bits per heavy atom. The highest BCUT2D eigenvalue weighted by Crippen LogP contribution is 2.35. The molecule has 0 spiro atoms. The van der Waals surface area contributed by atoms with E-state index in [0.717, 1.165) is 16.0 Å². The Morgan fingerprint density at radius 2 is 1.95 bits per heavy atom. The third-order valence-electron chi connectivity index (χ3n) is 3.36. The number of fused-ring (bicyclic) bond motifs is 1. The van der Waals surface area contributed by atoms with Crippen LogP contribution in [-0.4, -0.2) is 11.7 Å². The molecule has 0 radical (unpaired) electrons. The number of ketones is 1. The number of anilines is 1. The van der Waals surface area contributed by atoms with Crippen LogP contribution in [0.5, 0.6) is 0 Å². The van der Waals surface area contributed by atoms with Gasteiger partial charge in [0.2, 0.25) is 0 Å². The quantitative estimate of drug-likeness (QED) is 0.792. The number of rotatable bonds is 2. The van der Waals surface area contributed by atoms with E-state index < -0.39 is 11.7 Å². The van der Waals surface area contributed by atoms with Crippen LogP contribution in [-0.2, 0) is 11.3 Å². The first-order valence-electron chi connectivity index (χ1n) is 6.19. The summed E-state index contributed by atoms with van der Waals surface area (Å²) >= 11 is 7.33. The summed E-state index contributed by atoms with van der Waals surface area (Å²) in [5.41, 5.74) is 3.13. The third kappa shape index (κ3) is 2.05. The Hall–Kier alpha value is -1.65. The predicted molar refractivity (Wildman–Crippen MR) is 80.8 cm³/mol. The van der Waals surface area contributed by atoms with E-state index >= 15 is 0 Å². The number of halogens is 1. The minimum absolute atomic E-state index is 0.387. The molecule has 0 N–H and O–H groups in total. The fourth-order valence-corrected chi connectivity index (χ4v) is 3.62. The molecule has 0 fully saturated rings. The monoisotopic (exact) mass is 305 g/mol. The van der Waals surface area contributed by atoms with Gasteiger partial charge in [0, 0.05) is 4.88 Å². The fraction of sp³-hybridized carbons (Fsp3) is 0.200. The number of carbonyl (C=O) groups is 2. The Kier molecular flexibility index (Phi) is 3.15. The van der Waals surface area contributed by atoms with E-state index in [1.165, 1.54) is 11.3 Å². The minimum atomic E-state index is -0.460. The van der Waals surface area contributed by atoms with Gasteiger partial charge in [0.1, 0.15) is 0 Å². The van der Waals surface area contributed by atoms with Crippen LogP contribution in [0.15, 0.2) is 24.3 Å². The lowest BCUT2D eigenvalue weighted by Gasteiger charge is -2.16. The summed E-state index contributed by atoms with van der Waals surface area (Å²) in [6.45, 7) is 4.21. The Balaban J connectivity index is 2.06. The number of hydrogen-bond donors (Lipinski definition) is 0. The summed E-state index contributed by atoms with van der Waals surface area (Å²) in [7, 11) is 0. The number of Topliss-reactive ketones (excluding diaryl/α,β-unsaturated/α-hetero) is 1. The Labute approximate surface area is 125 Å². The van der Waals surface area contributed by atoms with Crippen LogP contribution in [0.2, 0.25) is 4.34 Å². The van der Waals surface area contributed by atoms with Crippen LogP contribution in [0.4, 0.5) is 5.69 Å². The van der Waals surface area contributed by atoms with Crippen LogP contribution < -0.4 is 4.90 Å². The van der Waals surface area contributed by atoms with Crippen molar-refractivity contribution in [2.45, 2.75) is 20.4 Å².